The summed E-state index contributed by atoms with van der Waals surface area (Å²) >= 11 is 0. The van der Waals surface area contributed by atoms with Crippen LogP contribution in [0.1, 0.15) is 5.56 Å². The van der Waals surface area contributed by atoms with Gasteiger partial charge in [0.25, 0.3) is 0 Å². The second kappa shape index (κ2) is 3.76. The molecule has 2 N–H and O–H groups in total. The number of aryl methyl sites for hydroxylation is 1. The second-order valence-corrected chi connectivity index (χ2v) is 2.73. The number of methoxy groups -OCH3 is 1. The molecule has 0 amide bonds. The Morgan fingerprint density at radius 1 is 1.38 bits per heavy atom. The van der Waals surface area contributed by atoms with Gasteiger partial charge in [-0.05, 0) is 24.0 Å². The van der Waals surface area contributed by atoms with Gasteiger partial charge < -0.3 is 14.8 Å². The van der Waals surface area contributed by atoms with Crippen LogP contribution in [0.2, 0.25) is 0 Å². The number of ether oxygens (including phenoxy) is 1. The van der Waals surface area contributed by atoms with E-state index in [9.17, 15) is 4.39 Å². The van der Waals surface area contributed by atoms with Gasteiger partial charge in [0.05, 0.1) is 7.11 Å². The van der Waals surface area contributed by atoms with Crippen LogP contribution in [0.25, 0.3) is 0 Å². The Bertz CT molecular complexity index is 291. The summed E-state index contributed by atoms with van der Waals surface area (Å²) in [6, 6.07) is 2.50. The fourth-order valence-corrected chi connectivity index (χ4v) is 1.17. The summed E-state index contributed by atoms with van der Waals surface area (Å²) in [5.41, 5.74) is 0.654. The van der Waals surface area contributed by atoms with Gasteiger partial charge in [-0.1, -0.05) is 6.07 Å². The van der Waals surface area contributed by atoms with E-state index in [1.807, 2.05) is 0 Å². The lowest BCUT2D eigenvalue weighted by molar-refractivity contribution is 0.383. The predicted molar refractivity (Wildman–Crippen MR) is 47.5 cm³/mol. The molecule has 0 aromatic heterocycles. The summed E-state index contributed by atoms with van der Waals surface area (Å²) in [5.74, 6) is -0.463. The van der Waals surface area contributed by atoms with Gasteiger partial charge in [-0.3, -0.25) is 0 Å². The van der Waals surface area contributed by atoms with Crippen LogP contribution in [0.15, 0.2) is 12.1 Å². The Kier molecular flexibility index (Phi) is 2.90. The normalized spacial score (nSPS) is 9.92. The smallest absolute Gasteiger partial charge is 0.488 e. The van der Waals surface area contributed by atoms with Crippen molar-refractivity contribution in [3.05, 3.63) is 23.5 Å². The molecular formula is C8H10BFO3. The highest BCUT2D eigenvalue weighted by atomic mass is 19.1. The maximum Gasteiger partial charge on any atom is 0.488 e. The Labute approximate surface area is 75.9 Å². The van der Waals surface area contributed by atoms with Crippen molar-refractivity contribution in [2.45, 2.75) is 6.92 Å². The van der Waals surface area contributed by atoms with Crippen LogP contribution in [0, 0.1) is 12.7 Å². The van der Waals surface area contributed by atoms with E-state index in [0.717, 1.165) is 6.07 Å². The fraction of sp³-hybridized carbons (Fsp3) is 0.250. The Morgan fingerprint density at radius 2 is 2.00 bits per heavy atom. The molecule has 70 valence electrons. The summed E-state index contributed by atoms with van der Waals surface area (Å²) in [6.07, 6.45) is 0. The van der Waals surface area contributed by atoms with Crippen LogP contribution < -0.4 is 10.2 Å². The van der Waals surface area contributed by atoms with Crippen LogP contribution in [-0.2, 0) is 0 Å². The number of hydrogen-bond acceptors (Lipinski definition) is 3. The molecular weight excluding hydrogens is 174 g/mol. The van der Waals surface area contributed by atoms with E-state index in [0.29, 0.717) is 5.56 Å². The van der Waals surface area contributed by atoms with E-state index in [1.54, 1.807) is 6.92 Å². The first kappa shape index (κ1) is 10.0. The largest absolute Gasteiger partial charge is 0.493 e. The number of benzene rings is 1. The van der Waals surface area contributed by atoms with Gasteiger partial charge in [0, 0.05) is 0 Å². The highest BCUT2D eigenvalue weighted by Crippen LogP contribution is 2.19. The molecule has 0 aliphatic rings. The Morgan fingerprint density at radius 3 is 2.38 bits per heavy atom. The van der Waals surface area contributed by atoms with Crippen LogP contribution in [0.4, 0.5) is 4.39 Å². The van der Waals surface area contributed by atoms with Crippen molar-refractivity contribution in [2.24, 2.45) is 0 Å². The molecule has 1 aromatic carbocycles. The van der Waals surface area contributed by atoms with Gasteiger partial charge in [0.2, 0.25) is 0 Å². The first-order chi connectivity index (χ1) is 6.06. The quantitative estimate of drug-likeness (QED) is 0.627. The SMILES string of the molecule is COc1c(C)cc(B(O)O)cc1F. The molecule has 1 rings (SSSR count). The lowest BCUT2D eigenvalue weighted by Crippen LogP contribution is -2.30. The van der Waals surface area contributed by atoms with Crippen molar-refractivity contribution in [1.29, 1.82) is 0 Å². The fourth-order valence-electron chi connectivity index (χ4n) is 1.17. The van der Waals surface area contributed by atoms with E-state index in [-0.39, 0.29) is 11.2 Å². The van der Waals surface area contributed by atoms with Gasteiger partial charge in [0.15, 0.2) is 11.6 Å². The monoisotopic (exact) mass is 184 g/mol. The van der Waals surface area contributed by atoms with Crippen molar-refractivity contribution in [3.8, 4) is 5.75 Å². The van der Waals surface area contributed by atoms with E-state index >= 15 is 0 Å². The molecule has 1 aromatic rings. The minimum atomic E-state index is -1.65. The van der Waals surface area contributed by atoms with Crippen LogP contribution in [0.3, 0.4) is 0 Å². The third-order valence-electron chi connectivity index (χ3n) is 1.75. The van der Waals surface area contributed by atoms with Gasteiger partial charge in [-0.25, -0.2) is 4.39 Å². The average Bonchev–Trinajstić information content (AvgIpc) is 2.03. The third-order valence-corrected chi connectivity index (χ3v) is 1.75. The summed E-state index contributed by atoms with van der Waals surface area (Å²) in [7, 11) is -0.292. The molecule has 0 aliphatic heterocycles. The standard InChI is InChI=1S/C8H10BFO3/c1-5-3-6(9(11)12)4-7(10)8(5)13-2/h3-4,11-12H,1-2H3. The van der Waals surface area contributed by atoms with Crippen molar-refractivity contribution in [1.82, 2.24) is 0 Å². The Balaban J connectivity index is 3.20. The van der Waals surface area contributed by atoms with E-state index in [2.05, 4.69) is 0 Å². The van der Waals surface area contributed by atoms with Crippen molar-refractivity contribution >= 4 is 12.6 Å². The van der Waals surface area contributed by atoms with E-state index in [1.165, 1.54) is 13.2 Å². The van der Waals surface area contributed by atoms with Crippen LogP contribution in [-0.4, -0.2) is 24.3 Å². The first-order valence-corrected chi connectivity index (χ1v) is 3.76. The highest BCUT2D eigenvalue weighted by Gasteiger charge is 2.15. The summed E-state index contributed by atoms with van der Waals surface area (Å²) in [4.78, 5) is 0. The second-order valence-electron chi connectivity index (χ2n) is 2.73. The van der Waals surface area contributed by atoms with Crippen LogP contribution >= 0.6 is 0 Å². The molecule has 0 radical (unpaired) electrons. The average molecular weight is 184 g/mol. The molecule has 0 saturated heterocycles. The zero-order valence-corrected chi connectivity index (χ0v) is 7.41. The molecule has 5 heteroatoms. The van der Waals surface area contributed by atoms with Crippen molar-refractivity contribution in [2.75, 3.05) is 7.11 Å². The van der Waals surface area contributed by atoms with Gasteiger partial charge in [0.1, 0.15) is 0 Å². The molecule has 13 heavy (non-hydrogen) atoms. The van der Waals surface area contributed by atoms with Gasteiger partial charge >= 0.3 is 7.12 Å². The predicted octanol–water partition coefficient (Wildman–Crippen LogP) is -0.177. The number of hydrogen-bond donors (Lipinski definition) is 2. The highest BCUT2D eigenvalue weighted by molar-refractivity contribution is 6.58. The lowest BCUT2D eigenvalue weighted by atomic mass is 9.79. The van der Waals surface area contributed by atoms with Gasteiger partial charge in [-0.15, -0.1) is 0 Å². The topological polar surface area (TPSA) is 49.7 Å². The van der Waals surface area contributed by atoms with Crippen molar-refractivity contribution in [3.63, 3.8) is 0 Å². The zero-order valence-electron chi connectivity index (χ0n) is 7.41. The minimum absolute atomic E-state index is 0.121. The molecule has 0 bridgehead atoms. The third kappa shape index (κ3) is 1.99. The summed E-state index contributed by atoms with van der Waals surface area (Å²) in [6.45, 7) is 1.63. The van der Waals surface area contributed by atoms with E-state index in [4.69, 9.17) is 14.8 Å². The maximum atomic E-state index is 13.1. The lowest BCUT2D eigenvalue weighted by Gasteiger charge is -2.08. The molecule has 0 fully saturated rings. The molecule has 0 unspecified atom stereocenters. The van der Waals surface area contributed by atoms with E-state index < -0.39 is 12.9 Å². The molecule has 0 aliphatic carbocycles. The molecule has 0 heterocycles. The zero-order chi connectivity index (χ0) is 10.0. The minimum Gasteiger partial charge on any atom is -0.493 e. The molecule has 0 spiro atoms. The van der Waals surface area contributed by atoms with Gasteiger partial charge in [-0.2, -0.15) is 0 Å². The number of rotatable bonds is 2. The first-order valence-electron chi connectivity index (χ1n) is 3.76. The summed E-state index contributed by atoms with van der Waals surface area (Å²) < 4.78 is 17.9. The maximum absolute atomic E-state index is 13.1. The van der Waals surface area contributed by atoms with Crippen molar-refractivity contribution < 1.29 is 19.2 Å². The van der Waals surface area contributed by atoms with Crippen LogP contribution in [0.5, 0.6) is 5.75 Å². The molecule has 0 atom stereocenters. The number of halogens is 1. The molecule has 3 nitrogen and oxygen atoms in total. The Hall–Kier alpha value is -1.07. The summed E-state index contributed by atoms with van der Waals surface area (Å²) in [5, 5.41) is 17.6. The molecule has 0 saturated carbocycles.